The van der Waals surface area contributed by atoms with Gasteiger partial charge in [-0.25, -0.2) is 0 Å². The van der Waals surface area contributed by atoms with Crippen molar-refractivity contribution >= 4 is 11.9 Å². The number of nitrogens with zero attached hydrogens (tertiary/aromatic N) is 1. The predicted molar refractivity (Wildman–Crippen MR) is 70.9 cm³/mol. The molecule has 106 valence electrons. The number of nitrogens with two attached hydrogens (primary N) is 1. The first kappa shape index (κ1) is 16.9. The largest absolute Gasteiger partial charge is 0.469 e. The molecule has 0 radical (unpaired) electrons. The van der Waals surface area contributed by atoms with E-state index in [1.807, 2.05) is 20.8 Å². The van der Waals surface area contributed by atoms with Crippen molar-refractivity contribution < 1.29 is 14.3 Å². The Morgan fingerprint density at radius 1 is 1.33 bits per heavy atom. The second kappa shape index (κ2) is 8.91. The standard InChI is InChI=1S/C13H26N2O3/c1-5-11(14)8-12(16)15(9-10(2)3)7-6-13(17)18-4/h10-11H,5-9,14H2,1-4H3. The number of ether oxygens (including phenoxy) is 1. The van der Waals surface area contributed by atoms with E-state index in [0.29, 0.717) is 25.4 Å². The van der Waals surface area contributed by atoms with Gasteiger partial charge in [0.1, 0.15) is 0 Å². The number of methoxy groups -OCH3 is 1. The molecule has 5 nitrogen and oxygen atoms in total. The molecule has 0 aromatic carbocycles. The van der Waals surface area contributed by atoms with Crippen LogP contribution in [0.2, 0.25) is 0 Å². The van der Waals surface area contributed by atoms with Crippen molar-refractivity contribution in [2.75, 3.05) is 20.2 Å². The number of carbonyl (C=O) groups is 2. The van der Waals surface area contributed by atoms with Gasteiger partial charge in [0.15, 0.2) is 0 Å². The number of hydrogen-bond acceptors (Lipinski definition) is 4. The molecule has 1 atom stereocenters. The first-order valence-corrected chi connectivity index (χ1v) is 6.50. The maximum absolute atomic E-state index is 12.0. The molecular formula is C13H26N2O3. The summed E-state index contributed by atoms with van der Waals surface area (Å²) < 4.78 is 4.59. The lowest BCUT2D eigenvalue weighted by Crippen LogP contribution is -2.39. The second-order valence-electron chi connectivity index (χ2n) is 4.93. The quantitative estimate of drug-likeness (QED) is 0.663. The highest BCUT2D eigenvalue weighted by Gasteiger charge is 2.18. The van der Waals surface area contributed by atoms with Crippen molar-refractivity contribution in [2.45, 2.75) is 46.1 Å². The first-order chi connectivity index (χ1) is 8.40. The van der Waals surface area contributed by atoms with Crippen molar-refractivity contribution in [1.82, 2.24) is 4.90 Å². The molecule has 0 aliphatic carbocycles. The van der Waals surface area contributed by atoms with Crippen molar-refractivity contribution in [2.24, 2.45) is 11.7 Å². The summed E-state index contributed by atoms with van der Waals surface area (Å²) in [5.74, 6) is 0.0859. The maximum Gasteiger partial charge on any atom is 0.307 e. The summed E-state index contributed by atoms with van der Waals surface area (Å²) in [4.78, 5) is 24.9. The Labute approximate surface area is 110 Å². The van der Waals surface area contributed by atoms with E-state index < -0.39 is 0 Å². The van der Waals surface area contributed by atoms with E-state index in [1.54, 1.807) is 4.90 Å². The van der Waals surface area contributed by atoms with Crippen LogP contribution in [0.25, 0.3) is 0 Å². The second-order valence-corrected chi connectivity index (χ2v) is 4.93. The molecular weight excluding hydrogens is 232 g/mol. The van der Waals surface area contributed by atoms with Crippen LogP contribution < -0.4 is 5.73 Å². The van der Waals surface area contributed by atoms with Gasteiger partial charge < -0.3 is 15.4 Å². The highest BCUT2D eigenvalue weighted by molar-refractivity contribution is 5.77. The molecule has 0 rings (SSSR count). The third-order valence-corrected chi connectivity index (χ3v) is 2.71. The van der Waals surface area contributed by atoms with Crippen LogP contribution >= 0.6 is 0 Å². The molecule has 1 unspecified atom stereocenters. The summed E-state index contributed by atoms with van der Waals surface area (Å²) in [6.07, 6.45) is 1.35. The monoisotopic (exact) mass is 258 g/mol. The van der Waals surface area contributed by atoms with E-state index >= 15 is 0 Å². The van der Waals surface area contributed by atoms with Gasteiger partial charge in [0.05, 0.1) is 13.5 Å². The SMILES string of the molecule is CCC(N)CC(=O)N(CCC(=O)OC)CC(C)C. The van der Waals surface area contributed by atoms with Crippen LogP contribution in [0.5, 0.6) is 0 Å². The number of esters is 1. The Bertz CT molecular complexity index is 267. The first-order valence-electron chi connectivity index (χ1n) is 6.50. The van der Waals surface area contributed by atoms with Crippen LogP contribution in [0.4, 0.5) is 0 Å². The molecule has 2 N–H and O–H groups in total. The summed E-state index contributed by atoms with van der Waals surface area (Å²) >= 11 is 0. The van der Waals surface area contributed by atoms with Crippen molar-refractivity contribution in [3.8, 4) is 0 Å². The van der Waals surface area contributed by atoms with Gasteiger partial charge in [0, 0.05) is 25.6 Å². The number of amides is 1. The van der Waals surface area contributed by atoms with E-state index in [-0.39, 0.29) is 24.3 Å². The summed E-state index contributed by atoms with van der Waals surface area (Å²) in [5.41, 5.74) is 5.79. The normalized spacial score (nSPS) is 12.3. The topological polar surface area (TPSA) is 72.6 Å². The van der Waals surface area contributed by atoms with Gasteiger partial charge in [0.25, 0.3) is 0 Å². The Morgan fingerprint density at radius 2 is 1.94 bits per heavy atom. The molecule has 0 aromatic rings. The van der Waals surface area contributed by atoms with E-state index in [9.17, 15) is 9.59 Å². The molecule has 0 bridgehead atoms. The number of carbonyl (C=O) groups excluding carboxylic acids is 2. The third-order valence-electron chi connectivity index (χ3n) is 2.71. The van der Waals surface area contributed by atoms with Gasteiger partial charge in [-0.05, 0) is 12.3 Å². The van der Waals surface area contributed by atoms with Gasteiger partial charge in [-0.15, -0.1) is 0 Å². The van der Waals surface area contributed by atoms with Crippen molar-refractivity contribution in [3.05, 3.63) is 0 Å². The minimum Gasteiger partial charge on any atom is -0.469 e. The Hall–Kier alpha value is -1.10. The van der Waals surface area contributed by atoms with Gasteiger partial charge in [-0.2, -0.15) is 0 Å². The number of hydrogen-bond donors (Lipinski definition) is 1. The fourth-order valence-electron chi connectivity index (χ4n) is 1.58. The van der Waals surface area contributed by atoms with Crippen LogP contribution in [0.3, 0.4) is 0 Å². The molecule has 0 spiro atoms. The lowest BCUT2D eigenvalue weighted by atomic mass is 10.1. The Morgan fingerprint density at radius 3 is 2.39 bits per heavy atom. The Balaban J connectivity index is 4.37. The zero-order valence-corrected chi connectivity index (χ0v) is 11.9. The fourth-order valence-corrected chi connectivity index (χ4v) is 1.58. The maximum atomic E-state index is 12.0. The van der Waals surface area contributed by atoms with Gasteiger partial charge >= 0.3 is 5.97 Å². The zero-order chi connectivity index (χ0) is 14.1. The summed E-state index contributed by atoms with van der Waals surface area (Å²) in [5, 5.41) is 0. The molecule has 0 aliphatic heterocycles. The molecule has 0 fully saturated rings. The lowest BCUT2D eigenvalue weighted by Gasteiger charge is -2.25. The fraction of sp³-hybridized carbons (Fsp3) is 0.846. The molecule has 0 heterocycles. The average molecular weight is 258 g/mol. The van der Waals surface area contributed by atoms with Gasteiger partial charge in [0.2, 0.25) is 5.91 Å². The highest BCUT2D eigenvalue weighted by Crippen LogP contribution is 2.06. The van der Waals surface area contributed by atoms with Crippen LogP contribution in [-0.4, -0.2) is 43.0 Å². The minimum atomic E-state index is -0.295. The molecule has 0 aliphatic rings. The van der Waals surface area contributed by atoms with Crippen molar-refractivity contribution in [3.63, 3.8) is 0 Å². The Kier molecular flexibility index (Phi) is 8.37. The molecule has 1 amide bonds. The average Bonchev–Trinajstić information content (AvgIpc) is 2.32. The van der Waals surface area contributed by atoms with E-state index in [2.05, 4.69) is 4.74 Å². The molecule has 0 saturated heterocycles. The minimum absolute atomic E-state index is 0.0157. The zero-order valence-electron chi connectivity index (χ0n) is 11.9. The smallest absolute Gasteiger partial charge is 0.307 e. The summed E-state index contributed by atoms with van der Waals surface area (Å²) in [6, 6.07) is -0.106. The number of rotatable bonds is 8. The van der Waals surface area contributed by atoms with E-state index in [0.717, 1.165) is 6.42 Å². The molecule has 0 saturated carbocycles. The van der Waals surface area contributed by atoms with Gasteiger partial charge in [-0.3, -0.25) is 9.59 Å². The lowest BCUT2D eigenvalue weighted by molar-refractivity contribution is -0.142. The molecule has 18 heavy (non-hydrogen) atoms. The van der Waals surface area contributed by atoms with Crippen LogP contribution in [-0.2, 0) is 14.3 Å². The summed E-state index contributed by atoms with van der Waals surface area (Å²) in [6.45, 7) is 7.09. The van der Waals surface area contributed by atoms with Crippen LogP contribution in [0.1, 0.15) is 40.0 Å². The third kappa shape index (κ3) is 7.27. The van der Waals surface area contributed by atoms with Crippen molar-refractivity contribution in [1.29, 1.82) is 0 Å². The van der Waals surface area contributed by atoms with E-state index in [1.165, 1.54) is 7.11 Å². The summed E-state index contributed by atoms with van der Waals surface area (Å²) in [7, 11) is 1.35. The van der Waals surface area contributed by atoms with E-state index in [4.69, 9.17) is 5.73 Å². The van der Waals surface area contributed by atoms with Gasteiger partial charge in [-0.1, -0.05) is 20.8 Å². The molecule has 5 heteroatoms. The molecule has 0 aromatic heterocycles. The van der Waals surface area contributed by atoms with Crippen LogP contribution in [0, 0.1) is 5.92 Å². The van der Waals surface area contributed by atoms with Crippen LogP contribution in [0.15, 0.2) is 0 Å². The predicted octanol–water partition coefficient (Wildman–Crippen LogP) is 1.16. The highest BCUT2D eigenvalue weighted by atomic mass is 16.5.